The molecule has 0 bridgehead atoms. The maximum atomic E-state index is 13.0. The topological polar surface area (TPSA) is 78.9 Å². The molecule has 1 atom stereocenters. The van der Waals surface area contributed by atoms with E-state index in [1.54, 1.807) is 25.1 Å². The van der Waals surface area contributed by atoms with Crippen molar-refractivity contribution in [1.29, 1.82) is 0 Å². The Balaban J connectivity index is 1.78. The molecule has 1 aliphatic rings. The lowest BCUT2D eigenvalue weighted by Gasteiger charge is -2.22. The highest BCUT2D eigenvalue weighted by Gasteiger charge is 2.38. The average molecular weight is 443 g/mol. The number of nitrogens with one attached hydrogen (secondary N) is 1. The monoisotopic (exact) mass is 442 g/mol. The minimum Gasteiger partial charge on any atom is -0.504 e. The van der Waals surface area contributed by atoms with Crippen LogP contribution in [0.25, 0.3) is 6.08 Å². The number of phenolic OH excluding ortho intramolecular Hbond substituents is 1. The van der Waals surface area contributed by atoms with Gasteiger partial charge in [-0.2, -0.15) is 0 Å². The van der Waals surface area contributed by atoms with Gasteiger partial charge >= 0.3 is 0 Å². The molecule has 0 aliphatic carbocycles. The summed E-state index contributed by atoms with van der Waals surface area (Å²) in [6, 6.07) is 11.5. The zero-order valence-electron chi connectivity index (χ0n) is 16.8. The molecule has 0 aromatic heterocycles. The van der Waals surface area contributed by atoms with Crippen molar-refractivity contribution in [2.45, 2.75) is 26.8 Å². The van der Waals surface area contributed by atoms with Crippen molar-refractivity contribution in [2.24, 2.45) is 0 Å². The largest absolute Gasteiger partial charge is 0.504 e. The summed E-state index contributed by atoms with van der Waals surface area (Å²) in [5, 5.41) is 12.7. The number of thiocarbonyl (C=S) groups is 1. The number of hydrogen-bond acceptors (Lipinski definition) is 6. The van der Waals surface area contributed by atoms with Crippen LogP contribution in [0.3, 0.4) is 0 Å². The summed E-state index contributed by atoms with van der Waals surface area (Å²) >= 11 is 6.51. The van der Waals surface area contributed by atoms with E-state index in [-0.39, 0.29) is 17.6 Å². The molecular formula is C22H22N2O4S2. The van der Waals surface area contributed by atoms with E-state index in [4.69, 9.17) is 17.0 Å². The number of thioether (sulfide) groups is 1. The van der Waals surface area contributed by atoms with E-state index in [9.17, 15) is 14.7 Å². The van der Waals surface area contributed by atoms with Crippen molar-refractivity contribution in [1.82, 2.24) is 4.90 Å². The Bertz CT molecular complexity index is 1040. The molecule has 2 amide bonds. The van der Waals surface area contributed by atoms with Crippen molar-refractivity contribution in [3.8, 4) is 11.5 Å². The lowest BCUT2D eigenvalue weighted by molar-refractivity contribution is -0.129. The van der Waals surface area contributed by atoms with Crippen LogP contribution in [0.15, 0.2) is 47.4 Å². The summed E-state index contributed by atoms with van der Waals surface area (Å²) in [5.41, 5.74) is 2.32. The van der Waals surface area contributed by atoms with Gasteiger partial charge in [0.05, 0.1) is 11.5 Å². The predicted octanol–water partition coefficient (Wildman–Crippen LogP) is 4.33. The van der Waals surface area contributed by atoms with E-state index < -0.39 is 6.04 Å². The second-order valence-electron chi connectivity index (χ2n) is 6.69. The fraction of sp³-hybridized carbons (Fsp3) is 0.227. The number of aromatic hydroxyl groups is 1. The molecule has 30 heavy (non-hydrogen) atoms. The number of anilines is 1. The molecule has 1 saturated heterocycles. The fourth-order valence-electron chi connectivity index (χ4n) is 2.92. The third-order valence-electron chi connectivity index (χ3n) is 4.57. The Labute approximate surface area is 184 Å². The van der Waals surface area contributed by atoms with Crippen LogP contribution in [-0.4, -0.2) is 38.8 Å². The Kier molecular flexibility index (Phi) is 6.79. The van der Waals surface area contributed by atoms with Crippen molar-refractivity contribution in [2.75, 3.05) is 11.9 Å². The van der Waals surface area contributed by atoms with E-state index in [1.165, 1.54) is 11.0 Å². The Hall–Kier alpha value is -2.84. The van der Waals surface area contributed by atoms with Gasteiger partial charge < -0.3 is 15.2 Å². The first-order valence-electron chi connectivity index (χ1n) is 9.41. The molecule has 0 saturated carbocycles. The summed E-state index contributed by atoms with van der Waals surface area (Å²) in [4.78, 5) is 27.4. The molecule has 156 valence electrons. The highest BCUT2D eigenvalue weighted by Crippen LogP contribution is 2.35. The molecular weight excluding hydrogens is 420 g/mol. The molecule has 6 nitrogen and oxygen atoms in total. The first kappa shape index (κ1) is 21.9. The van der Waals surface area contributed by atoms with Gasteiger partial charge in [-0.3, -0.25) is 14.5 Å². The third kappa shape index (κ3) is 4.66. The quantitative estimate of drug-likeness (QED) is 0.512. The van der Waals surface area contributed by atoms with Crippen molar-refractivity contribution in [3.63, 3.8) is 0 Å². The van der Waals surface area contributed by atoms with Crippen LogP contribution in [0.4, 0.5) is 5.69 Å². The van der Waals surface area contributed by atoms with Gasteiger partial charge in [0.25, 0.3) is 5.91 Å². The number of para-hydroxylation sites is 1. The van der Waals surface area contributed by atoms with Crippen LogP contribution in [0.2, 0.25) is 0 Å². The fourth-order valence-corrected chi connectivity index (χ4v) is 4.34. The first-order chi connectivity index (χ1) is 14.3. The minimum absolute atomic E-state index is 0.0306. The minimum atomic E-state index is -0.762. The van der Waals surface area contributed by atoms with Gasteiger partial charge in [0.15, 0.2) is 11.5 Å². The zero-order chi connectivity index (χ0) is 21.8. The molecule has 0 radical (unpaired) electrons. The highest BCUT2D eigenvalue weighted by molar-refractivity contribution is 8.26. The van der Waals surface area contributed by atoms with Gasteiger partial charge in [0.1, 0.15) is 10.4 Å². The Morgan fingerprint density at radius 3 is 2.77 bits per heavy atom. The summed E-state index contributed by atoms with van der Waals surface area (Å²) in [7, 11) is 0. The zero-order valence-corrected chi connectivity index (χ0v) is 18.5. The number of phenols is 1. The number of ether oxygens (including phenoxy) is 1. The SMILES string of the molecule is CCOc1cc(/C=C2\SC(=S)N(C(C)C(=O)Nc3ccccc3C)C2=O)ccc1O. The molecule has 2 N–H and O–H groups in total. The molecule has 0 spiro atoms. The molecule has 3 rings (SSSR count). The normalized spacial score (nSPS) is 16.1. The Morgan fingerprint density at radius 1 is 1.33 bits per heavy atom. The summed E-state index contributed by atoms with van der Waals surface area (Å²) in [6.07, 6.45) is 1.67. The van der Waals surface area contributed by atoms with Crippen LogP contribution in [0.5, 0.6) is 11.5 Å². The maximum Gasteiger partial charge on any atom is 0.266 e. The van der Waals surface area contributed by atoms with Crippen LogP contribution >= 0.6 is 24.0 Å². The van der Waals surface area contributed by atoms with Gasteiger partial charge in [-0.05, 0) is 56.2 Å². The van der Waals surface area contributed by atoms with Crippen molar-refractivity contribution in [3.05, 3.63) is 58.5 Å². The van der Waals surface area contributed by atoms with Crippen molar-refractivity contribution < 1.29 is 19.4 Å². The van der Waals surface area contributed by atoms with E-state index in [0.29, 0.717) is 32.8 Å². The van der Waals surface area contributed by atoms with E-state index in [2.05, 4.69) is 5.32 Å². The number of amides is 2. The lowest BCUT2D eigenvalue weighted by atomic mass is 10.1. The molecule has 1 unspecified atom stereocenters. The second kappa shape index (κ2) is 9.32. The molecule has 1 fully saturated rings. The van der Waals surface area contributed by atoms with Crippen LogP contribution in [-0.2, 0) is 9.59 Å². The Morgan fingerprint density at radius 2 is 2.07 bits per heavy atom. The van der Waals surface area contributed by atoms with Gasteiger partial charge in [-0.15, -0.1) is 0 Å². The smallest absolute Gasteiger partial charge is 0.266 e. The number of benzene rings is 2. The average Bonchev–Trinajstić information content (AvgIpc) is 2.99. The number of hydrogen-bond donors (Lipinski definition) is 2. The molecule has 1 aliphatic heterocycles. The summed E-state index contributed by atoms with van der Waals surface area (Å²) in [5.74, 6) is -0.274. The van der Waals surface area contributed by atoms with Gasteiger partial charge in [-0.25, -0.2) is 0 Å². The van der Waals surface area contributed by atoms with E-state index in [1.807, 2.05) is 38.1 Å². The predicted molar refractivity (Wildman–Crippen MR) is 124 cm³/mol. The number of carbonyl (C=O) groups is 2. The summed E-state index contributed by atoms with van der Waals surface area (Å²) in [6.45, 7) is 5.78. The van der Waals surface area contributed by atoms with Crippen LogP contribution < -0.4 is 10.1 Å². The van der Waals surface area contributed by atoms with Crippen LogP contribution in [0.1, 0.15) is 25.0 Å². The van der Waals surface area contributed by atoms with Gasteiger partial charge in [0, 0.05) is 5.69 Å². The van der Waals surface area contributed by atoms with E-state index in [0.717, 1.165) is 17.3 Å². The van der Waals surface area contributed by atoms with Crippen LogP contribution in [0, 0.1) is 6.92 Å². The highest BCUT2D eigenvalue weighted by atomic mass is 32.2. The number of nitrogens with zero attached hydrogens (tertiary/aromatic N) is 1. The molecule has 1 heterocycles. The standard InChI is InChI=1S/C22H22N2O4S2/c1-4-28-18-11-15(9-10-17(18)25)12-19-21(27)24(22(29)30-19)14(3)20(26)23-16-8-6-5-7-13(16)2/h5-12,14,25H,4H2,1-3H3,(H,23,26)/b19-12-. The number of carbonyl (C=O) groups excluding carboxylic acids is 2. The van der Waals surface area contributed by atoms with Gasteiger partial charge in [0.2, 0.25) is 5.91 Å². The third-order valence-corrected chi connectivity index (χ3v) is 5.91. The maximum absolute atomic E-state index is 13.0. The van der Waals surface area contributed by atoms with E-state index >= 15 is 0 Å². The molecule has 2 aromatic rings. The number of aryl methyl sites for hydroxylation is 1. The van der Waals surface area contributed by atoms with Crippen molar-refractivity contribution >= 4 is 51.9 Å². The second-order valence-corrected chi connectivity index (χ2v) is 8.37. The summed E-state index contributed by atoms with van der Waals surface area (Å²) < 4.78 is 5.71. The van der Waals surface area contributed by atoms with Gasteiger partial charge in [-0.1, -0.05) is 48.2 Å². The molecule has 2 aromatic carbocycles. The lowest BCUT2D eigenvalue weighted by Crippen LogP contribution is -2.44. The number of rotatable bonds is 6. The first-order valence-corrected chi connectivity index (χ1v) is 10.6. The molecule has 8 heteroatoms.